The number of nitrogens with one attached hydrogen (secondary N) is 3. The minimum absolute atomic E-state index is 0.224. The van der Waals surface area contributed by atoms with Crippen LogP contribution in [0.1, 0.15) is 45.6 Å². The Labute approximate surface area is 172 Å². The highest BCUT2D eigenvalue weighted by Crippen LogP contribution is 2.06. The number of benzene rings is 1. The number of alkyl carbamates (subject to hydrolysis) is 1. The zero-order chi connectivity index (χ0) is 20.8. The Kier molecular flexibility index (Phi) is 10.9. The lowest BCUT2D eigenvalue weighted by atomic mass is 10.2. The van der Waals surface area contributed by atoms with E-state index in [1.165, 1.54) is 0 Å². The second kappa shape index (κ2) is 12.9. The molecule has 1 amide bonds. The molecule has 7 nitrogen and oxygen atoms in total. The summed E-state index contributed by atoms with van der Waals surface area (Å²) in [7, 11) is 0. The van der Waals surface area contributed by atoms with Crippen LogP contribution in [0.15, 0.2) is 30.3 Å². The van der Waals surface area contributed by atoms with E-state index in [0.717, 1.165) is 5.56 Å². The first kappa shape index (κ1) is 23.7. The molecule has 1 aromatic rings. The third kappa shape index (κ3) is 12.9. The quantitative estimate of drug-likeness (QED) is 0.311. The number of rotatable bonds is 10. The van der Waals surface area contributed by atoms with Gasteiger partial charge in [-0.25, -0.2) is 4.79 Å². The summed E-state index contributed by atoms with van der Waals surface area (Å²) < 4.78 is 10.4. The number of carbonyl (C=O) groups is 2. The average Bonchev–Trinajstić information content (AvgIpc) is 2.62. The number of hydrogen-bond acceptors (Lipinski definition) is 5. The van der Waals surface area contributed by atoms with Gasteiger partial charge in [-0.2, -0.15) is 0 Å². The molecule has 0 saturated carbocycles. The van der Waals surface area contributed by atoms with E-state index < -0.39 is 11.7 Å². The standard InChI is InChI=1S/C20H31N3O4S/c1-20(2,3)27-19(25)23-14-8-13-22-18(28)21-12-7-11-17(24)26-15-16-9-5-4-6-10-16/h4-6,9-10H,7-8,11-15H2,1-3H3,(H,23,25)(H2,21,22,28). The molecule has 0 atom stereocenters. The van der Waals surface area contributed by atoms with Crippen LogP contribution in [0.5, 0.6) is 0 Å². The number of ether oxygens (including phenoxy) is 2. The summed E-state index contributed by atoms with van der Waals surface area (Å²) in [4.78, 5) is 23.2. The van der Waals surface area contributed by atoms with E-state index in [1.54, 1.807) is 0 Å². The lowest BCUT2D eigenvalue weighted by Crippen LogP contribution is -2.38. The Morgan fingerprint density at radius 1 is 0.964 bits per heavy atom. The predicted molar refractivity (Wildman–Crippen MR) is 113 cm³/mol. The van der Waals surface area contributed by atoms with Crippen LogP contribution < -0.4 is 16.0 Å². The normalized spacial score (nSPS) is 10.7. The van der Waals surface area contributed by atoms with Gasteiger partial charge in [-0.1, -0.05) is 30.3 Å². The van der Waals surface area contributed by atoms with E-state index >= 15 is 0 Å². The number of thiocarbonyl (C=S) groups is 1. The van der Waals surface area contributed by atoms with E-state index in [1.807, 2.05) is 51.1 Å². The van der Waals surface area contributed by atoms with Crippen molar-refractivity contribution in [3.63, 3.8) is 0 Å². The molecule has 3 N–H and O–H groups in total. The Balaban J connectivity index is 1.97. The molecule has 1 aromatic carbocycles. The number of amides is 1. The molecule has 0 aliphatic rings. The lowest BCUT2D eigenvalue weighted by Gasteiger charge is -2.19. The van der Waals surface area contributed by atoms with Crippen molar-refractivity contribution in [2.24, 2.45) is 0 Å². The van der Waals surface area contributed by atoms with Crippen LogP contribution >= 0.6 is 12.2 Å². The highest BCUT2D eigenvalue weighted by molar-refractivity contribution is 7.80. The number of esters is 1. The van der Waals surface area contributed by atoms with Crippen LogP contribution in [0.3, 0.4) is 0 Å². The van der Waals surface area contributed by atoms with Crippen LogP contribution in [0.25, 0.3) is 0 Å². The minimum Gasteiger partial charge on any atom is -0.461 e. The molecule has 1 rings (SSSR count). The van der Waals surface area contributed by atoms with Gasteiger partial charge in [-0.3, -0.25) is 4.79 Å². The minimum atomic E-state index is -0.498. The van der Waals surface area contributed by atoms with Crippen molar-refractivity contribution >= 4 is 29.4 Å². The zero-order valence-corrected chi connectivity index (χ0v) is 17.7. The van der Waals surface area contributed by atoms with Crippen molar-refractivity contribution in [3.05, 3.63) is 35.9 Å². The van der Waals surface area contributed by atoms with Gasteiger partial charge in [0, 0.05) is 26.1 Å². The van der Waals surface area contributed by atoms with Crippen LogP contribution in [0.2, 0.25) is 0 Å². The second-order valence-corrected chi connectivity index (χ2v) is 7.62. The maximum absolute atomic E-state index is 11.7. The van der Waals surface area contributed by atoms with Crippen molar-refractivity contribution < 1.29 is 19.1 Å². The van der Waals surface area contributed by atoms with Crippen molar-refractivity contribution in [2.45, 2.75) is 52.2 Å². The first-order chi connectivity index (χ1) is 13.3. The van der Waals surface area contributed by atoms with Gasteiger partial charge in [0.25, 0.3) is 0 Å². The molecule has 0 saturated heterocycles. The Morgan fingerprint density at radius 2 is 1.57 bits per heavy atom. The lowest BCUT2D eigenvalue weighted by molar-refractivity contribution is -0.145. The predicted octanol–water partition coefficient (Wildman–Crippen LogP) is 2.89. The molecule has 0 spiro atoms. The maximum Gasteiger partial charge on any atom is 0.407 e. The zero-order valence-electron chi connectivity index (χ0n) is 16.9. The third-order valence-corrected chi connectivity index (χ3v) is 3.68. The van der Waals surface area contributed by atoms with Crippen LogP contribution in [-0.2, 0) is 20.9 Å². The molecular formula is C20H31N3O4S. The van der Waals surface area contributed by atoms with Crippen LogP contribution in [0, 0.1) is 0 Å². The monoisotopic (exact) mass is 409 g/mol. The van der Waals surface area contributed by atoms with Crippen molar-refractivity contribution in [1.29, 1.82) is 0 Å². The summed E-state index contributed by atoms with van der Waals surface area (Å²) >= 11 is 5.17. The van der Waals surface area contributed by atoms with E-state index in [4.69, 9.17) is 21.7 Å². The van der Waals surface area contributed by atoms with Gasteiger partial charge in [0.1, 0.15) is 12.2 Å². The topological polar surface area (TPSA) is 88.7 Å². The molecule has 8 heteroatoms. The summed E-state index contributed by atoms with van der Waals surface area (Å²) in [6.45, 7) is 7.47. The van der Waals surface area contributed by atoms with Crippen molar-refractivity contribution in [2.75, 3.05) is 19.6 Å². The van der Waals surface area contributed by atoms with Crippen molar-refractivity contribution in [1.82, 2.24) is 16.0 Å². The van der Waals surface area contributed by atoms with E-state index in [9.17, 15) is 9.59 Å². The molecule has 0 unspecified atom stereocenters. The molecule has 0 bridgehead atoms. The molecule has 0 fully saturated rings. The molecule has 28 heavy (non-hydrogen) atoms. The van der Waals surface area contributed by atoms with Crippen LogP contribution in [-0.4, -0.2) is 42.4 Å². The number of hydrogen-bond donors (Lipinski definition) is 3. The smallest absolute Gasteiger partial charge is 0.407 e. The molecule has 0 radical (unpaired) electrons. The molecule has 0 aliphatic heterocycles. The maximum atomic E-state index is 11.7. The Bertz CT molecular complexity index is 618. The van der Waals surface area contributed by atoms with Gasteiger partial charge in [-0.15, -0.1) is 0 Å². The van der Waals surface area contributed by atoms with Gasteiger partial charge in [0.15, 0.2) is 5.11 Å². The molecule has 0 aromatic heterocycles. The fourth-order valence-electron chi connectivity index (χ4n) is 2.10. The first-order valence-electron chi connectivity index (χ1n) is 9.44. The Morgan fingerprint density at radius 3 is 2.21 bits per heavy atom. The van der Waals surface area contributed by atoms with E-state index in [0.29, 0.717) is 50.6 Å². The van der Waals surface area contributed by atoms with Gasteiger partial charge in [-0.05, 0) is 51.4 Å². The third-order valence-electron chi connectivity index (χ3n) is 3.39. The average molecular weight is 410 g/mol. The van der Waals surface area contributed by atoms with Gasteiger partial charge < -0.3 is 25.4 Å². The highest BCUT2D eigenvalue weighted by Gasteiger charge is 2.15. The summed E-state index contributed by atoms with van der Waals surface area (Å²) in [5, 5.41) is 9.30. The summed E-state index contributed by atoms with van der Waals surface area (Å²) in [6, 6.07) is 9.58. The molecule has 156 valence electrons. The molecule has 0 heterocycles. The summed E-state index contributed by atoms with van der Waals surface area (Å²) in [5.41, 5.74) is 0.474. The van der Waals surface area contributed by atoms with Crippen molar-refractivity contribution in [3.8, 4) is 0 Å². The largest absolute Gasteiger partial charge is 0.461 e. The van der Waals surface area contributed by atoms with Gasteiger partial charge in [0.2, 0.25) is 0 Å². The Hall–Kier alpha value is -2.35. The first-order valence-corrected chi connectivity index (χ1v) is 9.85. The fraction of sp³-hybridized carbons (Fsp3) is 0.550. The van der Waals surface area contributed by atoms with Crippen LogP contribution in [0.4, 0.5) is 4.79 Å². The second-order valence-electron chi connectivity index (χ2n) is 7.21. The summed E-state index contributed by atoms with van der Waals surface area (Å²) in [5.74, 6) is -0.224. The molecular weight excluding hydrogens is 378 g/mol. The fourth-order valence-corrected chi connectivity index (χ4v) is 2.31. The molecule has 0 aliphatic carbocycles. The van der Waals surface area contributed by atoms with Gasteiger partial charge in [0.05, 0.1) is 0 Å². The SMILES string of the molecule is CC(C)(C)OC(=O)NCCCNC(=S)NCCCC(=O)OCc1ccccc1. The highest BCUT2D eigenvalue weighted by atomic mass is 32.1. The number of carbonyl (C=O) groups excluding carboxylic acids is 2. The summed E-state index contributed by atoms with van der Waals surface area (Å²) in [6.07, 6.45) is 1.26. The van der Waals surface area contributed by atoms with Gasteiger partial charge >= 0.3 is 12.1 Å². The van der Waals surface area contributed by atoms with E-state index in [-0.39, 0.29) is 5.97 Å². The van der Waals surface area contributed by atoms with E-state index in [2.05, 4.69) is 16.0 Å².